The van der Waals surface area contributed by atoms with Crippen LogP contribution in [0.3, 0.4) is 0 Å². The molecule has 0 fully saturated rings. The van der Waals surface area contributed by atoms with Gasteiger partial charge < -0.3 is 5.32 Å². The molecule has 1 aromatic carbocycles. The Labute approximate surface area is 126 Å². The third kappa shape index (κ3) is 3.82. The summed E-state index contributed by atoms with van der Waals surface area (Å²) in [5, 5.41) is 12.6. The van der Waals surface area contributed by atoms with E-state index in [1.165, 1.54) is 5.56 Å². The van der Waals surface area contributed by atoms with Crippen molar-refractivity contribution in [2.75, 3.05) is 11.9 Å². The van der Waals surface area contributed by atoms with E-state index in [9.17, 15) is 5.26 Å². The zero-order valence-electron chi connectivity index (χ0n) is 12.9. The Hall–Kier alpha value is -2.34. The Morgan fingerprint density at radius 2 is 1.95 bits per heavy atom. The van der Waals surface area contributed by atoms with E-state index in [1.54, 1.807) is 0 Å². The van der Waals surface area contributed by atoms with Crippen LogP contribution in [0, 0.1) is 25.2 Å². The van der Waals surface area contributed by atoms with E-state index in [4.69, 9.17) is 0 Å². The van der Waals surface area contributed by atoms with Crippen molar-refractivity contribution in [3.8, 4) is 6.07 Å². The van der Waals surface area contributed by atoms with Crippen LogP contribution < -0.4 is 5.32 Å². The maximum Gasteiger partial charge on any atom is 0.144 e. The SMILES string of the molecule is Cc1cc(C)c(C#N)c(NCCC(C)c2ccccc2)n1. The summed E-state index contributed by atoms with van der Waals surface area (Å²) < 4.78 is 0. The molecule has 108 valence electrons. The largest absolute Gasteiger partial charge is 0.369 e. The Morgan fingerprint density at radius 3 is 2.62 bits per heavy atom. The van der Waals surface area contributed by atoms with Crippen molar-refractivity contribution in [3.05, 3.63) is 58.8 Å². The van der Waals surface area contributed by atoms with Crippen LogP contribution >= 0.6 is 0 Å². The number of rotatable bonds is 5. The van der Waals surface area contributed by atoms with E-state index in [2.05, 4.69) is 47.6 Å². The zero-order valence-corrected chi connectivity index (χ0v) is 12.9. The van der Waals surface area contributed by atoms with Crippen LogP contribution in [0.2, 0.25) is 0 Å². The second-order valence-corrected chi connectivity index (χ2v) is 5.44. The van der Waals surface area contributed by atoms with Crippen molar-refractivity contribution < 1.29 is 0 Å². The number of pyridine rings is 1. The number of nitrogens with zero attached hydrogens (tertiary/aromatic N) is 2. The van der Waals surface area contributed by atoms with Crippen molar-refractivity contribution in [2.24, 2.45) is 0 Å². The van der Waals surface area contributed by atoms with Crippen LogP contribution in [-0.2, 0) is 0 Å². The number of hydrogen-bond acceptors (Lipinski definition) is 3. The molecular formula is C18H21N3. The van der Waals surface area contributed by atoms with Crippen LogP contribution in [0.4, 0.5) is 5.82 Å². The average molecular weight is 279 g/mol. The fraction of sp³-hybridized carbons (Fsp3) is 0.333. The number of aryl methyl sites for hydroxylation is 2. The Morgan fingerprint density at radius 1 is 1.24 bits per heavy atom. The van der Waals surface area contributed by atoms with Gasteiger partial charge in [0, 0.05) is 12.2 Å². The van der Waals surface area contributed by atoms with Crippen molar-refractivity contribution >= 4 is 5.82 Å². The van der Waals surface area contributed by atoms with Crippen molar-refractivity contribution in [2.45, 2.75) is 33.1 Å². The molecule has 2 aromatic rings. The first kappa shape index (κ1) is 15.1. The molecule has 0 amide bonds. The lowest BCUT2D eigenvalue weighted by Crippen LogP contribution is -2.09. The lowest BCUT2D eigenvalue weighted by molar-refractivity contribution is 0.704. The number of anilines is 1. The van der Waals surface area contributed by atoms with Gasteiger partial charge in [0.1, 0.15) is 11.9 Å². The fourth-order valence-corrected chi connectivity index (χ4v) is 2.46. The van der Waals surface area contributed by atoms with Crippen LogP contribution in [0.5, 0.6) is 0 Å². The molecule has 21 heavy (non-hydrogen) atoms. The average Bonchev–Trinajstić information content (AvgIpc) is 2.47. The van der Waals surface area contributed by atoms with Gasteiger partial charge in [-0.2, -0.15) is 5.26 Å². The maximum absolute atomic E-state index is 9.25. The third-order valence-corrected chi connectivity index (χ3v) is 3.69. The molecule has 1 heterocycles. The van der Waals surface area contributed by atoms with Gasteiger partial charge in [0.15, 0.2) is 0 Å². The smallest absolute Gasteiger partial charge is 0.144 e. The lowest BCUT2D eigenvalue weighted by atomic mass is 9.98. The summed E-state index contributed by atoms with van der Waals surface area (Å²) >= 11 is 0. The third-order valence-electron chi connectivity index (χ3n) is 3.69. The molecular weight excluding hydrogens is 258 g/mol. The Bertz CT molecular complexity index is 642. The number of benzene rings is 1. The highest BCUT2D eigenvalue weighted by Gasteiger charge is 2.09. The molecule has 2 rings (SSSR count). The standard InChI is InChI=1S/C18H21N3/c1-13(16-7-5-4-6-8-16)9-10-20-18-17(12-19)14(2)11-15(3)21-18/h4-8,11,13H,9-10H2,1-3H3,(H,20,21). The molecule has 0 aliphatic rings. The summed E-state index contributed by atoms with van der Waals surface area (Å²) in [5.41, 5.74) is 3.90. The van der Waals surface area contributed by atoms with Crippen LogP contribution in [-0.4, -0.2) is 11.5 Å². The number of hydrogen-bond donors (Lipinski definition) is 1. The lowest BCUT2D eigenvalue weighted by Gasteiger charge is -2.14. The number of aromatic nitrogens is 1. The highest BCUT2D eigenvalue weighted by molar-refractivity contribution is 5.56. The molecule has 0 radical (unpaired) electrons. The maximum atomic E-state index is 9.25. The first-order chi connectivity index (χ1) is 10.1. The van der Waals surface area contributed by atoms with E-state index in [-0.39, 0.29) is 0 Å². The van der Waals surface area contributed by atoms with Gasteiger partial charge in [-0.05, 0) is 43.4 Å². The van der Waals surface area contributed by atoms with Crippen LogP contribution in [0.15, 0.2) is 36.4 Å². The van der Waals surface area contributed by atoms with Crippen molar-refractivity contribution in [1.82, 2.24) is 4.98 Å². The molecule has 0 aliphatic heterocycles. The van der Waals surface area contributed by atoms with Gasteiger partial charge in [0.05, 0.1) is 5.56 Å². The van der Waals surface area contributed by atoms with E-state index in [1.807, 2.05) is 26.0 Å². The van der Waals surface area contributed by atoms with E-state index < -0.39 is 0 Å². The Kier molecular flexibility index (Phi) is 4.94. The molecule has 1 aromatic heterocycles. The normalized spacial score (nSPS) is 11.7. The van der Waals surface area contributed by atoms with Gasteiger partial charge in [0.2, 0.25) is 0 Å². The molecule has 0 saturated carbocycles. The van der Waals surface area contributed by atoms with Gasteiger partial charge in [-0.1, -0.05) is 37.3 Å². The number of nitrogens with one attached hydrogen (secondary N) is 1. The Balaban J connectivity index is 2.00. The number of nitriles is 1. The predicted molar refractivity (Wildman–Crippen MR) is 86.4 cm³/mol. The molecule has 1 N–H and O–H groups in total. The molecule has 1 unspecified atom stereocenters. The summed E-state index contributed by atoms with van der Waals surface area (Å²) in [7, 11) is 0. The monoisotopic (exact) mass is 279 g/mol. The minimum Gasteiger partial charge on any atom is -0.369 e. The van der Waals surface area contributed by atoms with Gasteiger partial charge >= 0.3 is 0 Å². The molecule has 0 spiro atoms. The summed E-state index contributed by atoms with van der Waals surface area (Å²) in [5.74, 6) is 1.19. The molecule has 0 saturated heterocycles. The van der Waals surface area contributed by atoms with Gasteiger partial charge in [0.25, 0.3) is 0 Å². The second-order valence-electron chi connectivity index (χ2n) is 5.44. The molecule has 1 atom stereocenters. The fourth-order valence-electron chi connectivity index (χ4n) is 2.46. The molecule has 3 nitrogen and oxygen atoms in total. The predicted octanol–water partition coefficient (Wildman–Crippen LogP) is 4.18. The first-order valence-electron chi connectivity index (χ1n) is 7.29. The van der Waals surface area contributed by atoms with Gasteiger partial charge in [-0.15, -0.1) is 0 Å². The summed E-state index contributed by atoms with van der Waals surface area (Å²) in [6.45, 7) is 6.93. The summed E-state index contributed by atoms with van der Waals surface area (Å²) in [6.07, 6.45) is 1.00. The zero-order chi connectivity index (χ0) is 15.2. The van der Waals surface area contributed by atoms with Gasteiger partial charge in [-0.25, -0.2) is 4.98 Å². The van der Waals surface area contributed by atoms with Crippen molar-refractivity contribution in [1.29, 1.82) is 5.26 Å². The topological polar surface area (TPSA) is 48.7 Å². The van der Waals surface area contributed by atoms with Crippen molar-refractivity contribution in [3.63, 3.8) is 0 Å². The summed E-state index contributed by atoms with van der Waals surface area (Å²) in [6, 6.07) is 14.7. The minimum atomic E-state index is 0.482. The quantitative estimate of drug-likeness (QED) is 0.893. The highest BCUT2D eigenvalue weighted by atomic mass is 15.0. The summed E-state index contributed by atoms with van der Waals surface area (Å²) in [4.78, 5) is 4.44. The molecule has 3 heteroatoms. The minimum absolute atomic E-state index is 0.482. The molecule has 0 aliphatic carbocycles. The molecule has 0 bridgehead atoms. The van der Waals surface area contributed by atoms with Crippen LogP contribution in [0.1, 0.15) is 41.6 Å². The van der Waals surface area contributed by atoms with E-state index in [0.29, 0.717) is 17.3 Å². The highest BCUT2D eigenvalue weighted by Crippen LogP contribution is 2.20. The van der Waals surface area contributed by atoms with E-state index in [0.717, 1.165) is 24.2 Å². The van der Waals surface area contributed by atoms with E-state index >= 15 is 0 Å². The second kappa shape index (κ2) is 6.90. The first-order valence-corrected chi connectivity index (χ1v) is 7.29. The van der Waals surface area contributed by atoms with Gasteiger partial charge in [-0.3, -0.25) is 0 Å². The van der Waals surface area contributed by atoms with Crippen LogP contribution in [0.25, 0.3) is 0 Å².